The summed E-state index contributed by atoms with van der Waals surface area (Å²) in [5.74, 6) is 1.55. The molecule has 2 aliphatic heterocycles. The molecule has 3 heterocycles. The molecule has 1 aromatic carbocycles. The monoisotopic (exact) mass is 401 g/mol. The van der Waals surface area contributed by atoms with Crippen molar-refractivity contribution in [3.8, 4) is 12.1 Å². The van der Waals surface area contributed by atoms with Crippen LogP contribution in [0.4, 0.5) is 17.5 Å². The van der Waals surface area contributed by atoms with Gasteiger partial charge in [-0.3, -0.25) is 0 Å². The summed E-state index contributed by atoms with van der Waals surface area (Å²) in [5, 5.41) is 25.3. The molecule has 0 unspecified atom stereocenters. The van der Waals surface area contributed by atoms with Crippen molar-refractivity contribution in [2.24, 2.45) is 5.92 Å². The van der Waals surface area contributed by atoms with E-state index in [-0.39, 0.29) is 0 Å². The summed E-state index contributed by atoms with van der Waals surface area (Å²) in [6.45, 7) is 5.15. The smallest absolute Gasteiger partial charge is 0.229 e. The van der Waals surface area contributed by atoms with Gasteiger partial charge in [0, 0.05) is 18.3 Å². The summed E-state index contributed by atoms with van der Waals surface area (Å²) in [5.41, 5.74) is 2.73. The van der Waals surface area contributed by atoms with Crippen LogP contribution in [-0.4, -0.2) is 40.5 Å². The van der Waals surface area contributed by atoms with Crippen LogP contribution in [0.15, 0.2) is 24.4 Å². The van der Waals surface area contributed by atoms with Crippen molar-refractivity contribution in [2.45, 2.75) is 45.1 Å². The van der Waals surface area contributed by atoms with Gasteiger partial charge in [-0.25, -0.2) is 4.98 Å². The molecule has 30 heavy (non-hydrogen) atoms. The maximum absolute atomic E-state index is 9.49. The van der Waals surface area contributed by atoms with Gasteiger partial charge >= 0.3 is 0 Å². The van der Waals surface area contributed by atoms with Crippen LogP contribution >= 0.6 is 0 Å². The Morgan fingerprint density at radius 3 is 2.77 bits per heavy atom. The summed E-state index contributed by atoms with van der Waals surface area (Å²) in [6.07, 6.45) is 7.88. The molecule has 0 bridgehead atoms. The summed E-state index contributed by atoms with van der Waals surface area (Å²) in [7, 11) is 0. The van der Waals surface area contributed by atoms with Crippen LogP contribution in [0.3, 0.4) is 0 Å². The lowest BCUT2D eigenvalue weighted by Gasteiger charge is -2.44. The maximum atomic E-state index is 9.49. The Hall–Kier alpha value is -3.16. The second-order valence-electron chi connectivity index (χ2n) is 8.22. The summed E-state index contributed by atoms with van der Waals surface area (Å²) >= 11 is 0. The highest BCUT2D eigenvalue weighted by Gasteiger charge is 2.32. The molecule has 0 aliphatic carbocycles. The van der Waals surface area contributed by atoms with Gasteiger partial charge in [0.05, 0.1) is 17.8 Å². The lowest BCUT2D eigenvalue weighted by molar-refractivity contribution is 0.0649. The topological polar surface area (TPSA) is 101 Å². The van der Waals surface area contributed by atoms with Crippen LogP contribution in [0.25, 0.3) is 0 Å². The highest BCUT2D eigenvalue weighted by Crippen LogP contribution is 2.31. The number of rotatable bonds is 5. The Kier molecular flexibility index (Phi) is 6.11. The molecule has 0 saturated carbocycles. The van der Waals surface area contributed by atoms with E-state index in [2.05, 4.69) is 37.6 Å². The Balaban J connectivity index is 1.48. The van der Waals surface area contributed by atoms with E-state index in [1.54, 1.807) is 12.3 Å². The predicted molar refractivity (Wildman–Crippen MR) is 116 cm³/mol. The first-order valence-corrected chi connectivity index (χ1v) is 10.7. The van der Waals surface area contributed by atoms with Gasteiger partial charge in [0.1, 0.15) is 17.5 Å². The van der Waals surface area contributed by atoms with Crippen molar-refractivity contribution in [3.05, 3.63) is 41.1 Å². The minimum Gasteiger partial charge on any atom is -0.368 e. The van der Waals surface area contributed by atoms with Crippen molar-refractivity contribution in [1.82, 2.24) is 14.9 Å². The molecule has 0 spiro atoms. The van der Waals surface area contributed by atoms with Crippen molar-refractivity contribution in [1.29, 1.82) is 10.5 Å². The van der Waals surface area contributed by atoms with Crippen molar-refractivity contribution in [3.63, 3.8) is 0 Å². The van der Waals surface area contributed by atoms with Gasteiger partial charge in [-0.2, -0.15) is 15.5 Å². The minimum atomic E-state index is 0.409. The Bertz CT molecular complexity index is 986. The molecular formula is C23H27N7. The second kappa shape index (κ2) is 9.11. The normalized spacial score (nSPS) is 21.2. The van der Waals surface area contributed by atoms with Gasteiger partial charge in [-0.1, -0.05) is 12.5 Å². The Labute approximate surface area is 177 Å². The number of piperidine rings is 2. The van der Waals surface area contributed by atoms with Gasteiger partial charge in [-0.05, 0) is 69.3 Å². The number of aryl methyl sites for hydroxylation is 1. The largest absolute Gasteiger partial charge is 0.368 e. The highest BCUT2D eigenvalue weighted by atomic mass is 15.2. The van der Waals surface area contributed by atoms with E-state index in [9.17, 15) is 10.5 Å². The van der Waals surface area contributed by atoms with Gasteiger partial charge in [-0.15, -0.1) is 0 Å². The van der Waals surface area contributed by atoms with Gasteiger partial charge in [0.15, 0.2) is 0 Å². The number of fused-ring (bicyclic) bond motifs is 1. The zero-order valence-corrected chi connectivity index (χ0v) is 17.4. The first-order valence-electron chi connectivity index (χ1n) is 10.7. The zero-order chi connectivity index (χ0) is 20.9. The quantitative estimate of drug-likeness (QED) is 0.782. The van der Waals surface area contributed by atoms with E-state index in [4.69, 9.17) is 0 Å². The number of aromatic nitrogens is 2. The summed E-state index contributed by atoms with van der Waals surface area (Å²) < 4.78 is 0. The number of nitrogens with one attached hydrogen (secondary N) is 2. The number of benzene rings is 1. The fourth-order valence-corrected chi connectivity index (χ4v) is 4.65. The molecule has 2 atom stereocenters. The van der Waals surface area contributed by atoms with E-state index in [0.29, 0.717) is 34.9 Å². The molecule has 7 nitrogen and oxygen atoms in total. The number of hydrogen-bond donors (Lipinski definition) is 2. The molecule has 154 valence electrons. The van der Waals surface area contributed by atoms with E-state index >= 15 is 0 Å². The minimum absolute atomic E-state index is 0.409. The van der Waals surface area contributed by atoms with E-state index in [1.807, 2.05) is 19.1 Å². The van der Waals surface area contributed by atoms with Crippen molar-refractivity contribution >= 4 is 17.5 Å². The number of hydrogen-bond acceptors (Lipinski definition) is 7. The first kappa shape index (κ1) is 20.1. The molecule has 2 saturated heterocycles. The third-order valence-corrected chi connectivity index (χ3v) is 6.28. The Morgan fingerprint density at radius 2 is 1.93 bits per heavy atom. The van der Waals surface area contributed by atoms with Crippen LogP contribution in [-0.2, 0) is 0 Å². The number of anilines is 3. The van der Waals surface area contributed by atoms with Crippen LogP contribution in [0, 0.1) is 35.5 Å². The first-order chi connectivity index (χ1) is 14.7. The molecule has 1 aromatic heterocycles. The standard InChI is InChI=1S/C23H27N7/c1-16-7-8-20(11-18(16)12-24)28-23-27-15-19(13-25)22(29-23)26-14-17-5-4-10-30-9-3-2-6-21(17)30/h7-8,11,15,17,21H,2-6,9-10,14H2,1H3,(H2,26,27,28,29)/t17-,21+/m0/s1. The van der Waals surface area contributed by atoms with Gasteiger partial charge in [0.2, 0.25) is 5.95 Å². The average molecular weight is 402 g/mol. The molecule has 4 rings (SSSR count). The SMILES string of the molecule is Cc1ccc(Nc2ncc(C#N)c(NC[C@@H]3CCCN4CCCC[C@H]34)n2)cc1C#N. The second-order valence-corrected chi connectivity index (χ2v) is 8.22. The van der Waals surface area contributed by atoms with Crippen molar-refractivity contribution in [2.75, 3.05) is 30.3 Å². The van der Waals surface area contributed by atoms with Crippen LogP contribution in [0.5, 0.6) is 0 Å². The van der Waals surface area contributed by atoms with Crippen LogP contribution < -0.4 is 10.6 Å². The molecular weight excluding hydrogens is 374 g/mol. The summed E-state index contributed by atoms with van der Waals surface area (Å²) in [4.78, 5) is 11.5. The molecule has 2 fully saturated rings. The van der Waals surface area contributed by atoms with Crippen molar-refractivity contribution < 1.29 is 0 Å². The molecule has 0 radical (unpaired) electrons. The lowest BCUT2D eigenvalue weighted by atomic mass is 9.83. The zero-order valence-electron chi connectivity index (χ0n) is 17.4. The third kappa shape index (κ3) is 4.37. The fourth-order valence-electron chi connectivity index (χ4n) is 4.65. The maximum Gasteiger partial charge on any atom is 0.229 e. The fraction of sp³-hybridized carbons (Fsp3) is 0.478. The van der Waals surface area contributed by atoms with E-state index in [0.717, 1.165) is 17.8 Å². The average Bonchev–Trinajstić information content (AvgIpc) is 2.79. The van der Waals surface area contributed by atoms with E-state index in [1.165, 1.54) is 45.2 Å². The molecule has 0 amide bonds. The van der Waals surface area contributed by atoms with Crippen LogP contribution in [0.1, 0.15) is 48.8 Å². The predicted octanol–water partition coefficient (Wildman–Crippen LogP) is 3.95. The molecule has 7 heteroatoms. The van der Waals surface area contributed by atoms with Gasteiger partial charge in [0.25, 0.3) is 0 Å². The third-order valence-electron chi connectivity index (χ3n) is 6.28. The highest BCUT2D eigenvalue weighted by molar-refractivity contribution is 5.61. The molecule has 2 N–H and O–H groups in total. The number of nitriles is 2. The lowest BCUT2D eigenvalue weighted by Crippen LogP contribution is -2.49. The molecule has 2 aromatic rings. The Morgan fingerprint density at radius 1 is 1.10 bits per heavy atom. The van der Waals surface area contributed by atoms with Gasteiger partial charge < -0.3 is 15.5 Å². The molecule has 2 aliphatic rings. The number of nitrogens with zero attached hydrogens (tertiary/aromatic N) is 5. The summed E-state index contributed by atoms with van der Waals surface area (Å²) in [6, 6.07) is 10.6. The van der Waals surface area contributed by atoms with Crippen LogP contribution in [0.2, 0.25) is 0 Å². The van der Waals surface area contributed by atoms with E-state index < -0.39 is 0 Å².